The van der Waals surface area contributed by atoms with Gasteiger partial charge in [-0.3, -0.25) is 4.79 Å². The third-order valence-electron chi connectivity index (χ3n) is 3.54. The lowest BCUT2D eigenvalue weighted by Crippen LogP contribution is -2.24. The highest BCUT2D eigenvalue weighted by atomic mass is 16.7. The van der Waals surface area contributed by atoms with Crippen LogP contribution in [0.4, 0.5) is 5.69 Å². The normalized spacial score (nSPS) is 20.7. The van der Waals surface area contributed by atoms with Crippen LogP contribution < -0.4 is 14.4 Å². The smallest absolute Gasteiger partial charge is 0.231 e. The zero-order chi connectivity index (χ0) is 13.5. The summed E-state index contributed by atoms with van der Waals surface area (Å²) in [5.41, 5.74) is 0.797. The van der Waals surface area contributed by atoms with Gasteiger partial charge in [0.25, 0.3) is 0 Å². The molecule has 0 radical (unpaired) electrons. The largest absolute Gasteiger partial charge is 0.454 e. The van der Waals surface area contributed by atoms with Gasteiger partial charge < -0.3 is 18.9 Å². The summed E-state index contributed by atoms with van der Waals surface area (Å²) in [7, 11) is 0. The molecule has 7 nitrogen and oxygen atoms in total. The second-order valence-electron chi connectivity index (χ2n) is 4.73. The first kappa shape index (κ1) is 11.3. The lowest BCUT2D eigenvalue weighted by Gasteiger charge is -2.16. The molecule has 0 spiro atoms. The predicted molar refractivity (Wildman–Crippen MR) is 66.6 cm³/mol. The molecule has 1 saturated heterocycles. The van der Waals surface area contributed by atoms with Gasteiger partial charge in [-0.25, -0.2) is 0 Å². The Morgan fingerprint density at radius 3 is 3.00 bits per heavy atom. The van der Waals surface area contributed by atoms with E-state index in [0.29, 0.717) is 30.3 Å². The van der Waals surface area contributed by atoms with Crippen molar-refractivity contribution in [2.45, 2.75) is 12.3 Å². The van der Waals surface area contributed by atoms with Crippen molar-refractivity contribution < 1.29 is 18.8 Å². The first-order valence-corrected chi connectivity index (χ1v) is 6.27. The van der Waals surface area contributed by atoms with Gasteiger partial charge in [-0.2, -0.15) is 4.98 Å². The van der Waals surface area contributed by atoms with Gasteiger partial charge in [0, 0.05) is 30.6 Å². The Kier molecular flexibility index (Phi) is 2.38. The van der Waals surface area contributed by atoms with Gasteiger partial charge in [0.1, 0.15) is 0 Å². The molecule has 1 aromatic heterocycles. The SMILES string of the molecule is O=C1C[C@@H](c2ncon2)CN1c1ccc2c(c1)OCO2. The molecule has 1 amide bonds. The first-order chi connectivity index (χ1) is 9.81. The number of ether oxygens (including phenoxy) is 2. The zero-order valence-electron chi connectivity index (χ0n) is 10.5. The van der Waals surface area contributed by atoms with Crippen molar-refractivity contribution >= 4 is 11.6 Å². The molecule has 1 fully saturated rings. The molecule has 0 saturated carbocycles. The predicted octanol–water partition coefficient (Wildman–Crippen LogP) is 1.32. The van der Waals surface area contributed by atoms with E-state index in [1.165, 1.54) is 6.39 Å². The average molecular weight is 273 g/mol. The van der Waals surface area contributed by atoms with Crippen LogP contribution in [0.25, 0.3) is 0 Å². The van der Waals surface area contributed by atoms with Gasteiger partial charge in [0.15, 0.2) is 17.3 Å². The van der Waals surface area contributed by atoms with Gasteiger partial charge in [-0.15, -0.1) is 0 Å². The number of carbonyl (C=O) groups excluding carboxylic acids is 1. The number of benzene rings is 1. The summed E-state index contributed by atoms with van der Waals surface area (Å²) in [5.74, 6) is 1.94. The summed E-state index contributed by atoms with van der Waals surface area (Å²) < 4.78 is 15.3. The third kappa shape index (κ3) is 1.70. The number of fused-ring (bicyclic) bond motifs is 1. The Bertz CT molecular complexity index is 656. The first-order valence-electron chi connectivity index (χ1n) is 6.27. The molecule has 0 unspecified atom stereocenters. The summed E-state index contributed by atoms with van der Waals surface area (Å²) in [6.07, 6.45) is 1.66. The standard InChI is InChI=1S/C13H11N3O4/c17-12-3-8(13-14-6-20-15-13)5-16(12)9-1-2-10-11(4-9)19-7-18-10/h1-2,4,6,8H,3,5,7H2/t8-/m1/s1. The van der Waals surface area contributed by atoms with Crippen LogP contribution in [0.1, 0.15) is 18.2 Å². The van der Waals surface area contributed by atoms with Crippen LogP contribution in [0.3, 0.4) is 0 Å². The molecule has 2 aliphatic rings. The van der Waals surface area contributed by atoms with E-state index in [1.54, 1.807) is 4.90 Å². The Morgan fingerprint density at radius 2 is 2.15 bits per heavy atom. The minimum atomic E-state index is -0.0355. The van der Waals surface area contributed by atoms with Gasteiger partial charge in [-0.05, 0) is 12.1 Å². The van der Waals surface area contributed by atoms with Crippen molar-refractivity contribution in [1.82, 2.24) is 10.1 Å². The highest BCUT2D eigenvalue weighted by Crippen LogP contribution is 2.38. The lowest BCUT2D eigenvalue weighted by molar-refractivity contribution is -0.117. The number of hydrogen-bond donors (Lipinski definition) is 0. The van der Waals surface area contributed by atoms with Crippen LogP contribution in [0.15, 0.2) is 29.1 Å². The average Bonchev–Trinajstić information content (AvgIpc) is 3.17. The van der Waals surface area contributed by atoms with E-state index in [1.807, 2.05) is 18.2 Å². The Labute approximate surface area is 114 Å². The molecule has 20 heavy (non-hydrogen) atoms. The van der Waals surface area contributed by atoms with Crippen molar-refractivity contribution in [2.24, 2.45) is 0 Å². The van der Waals surface area contributed by atoms with E-state index in [0.717, 1.165) is 5.69 Å². The summed E-state index contributed by atoms with van der Waals surface area (Å²) in [6, 6.07) is 5.48. The molecule has 0 N–H and O–H groups in total. The zero-order valence-corrected chi connectivity index (χ0v) is 10.5. The molecule has 7 heteroatoms. The number of nitrogens with zero attached hydrogens (tertiary/aromatic N) is 3. The van der Waals surface area contributed by atoms with E-state index in [2.05, 4.69) is 10.1 Å². The highest BCUT2D eigenvalue weighted by molar-refractivity contribution is 5.96. The number of rotatable bonds is 2. The molecular weight excluding hydrogens is 262 g/mol. The molecule has 0 bridgehead atoms. The minimum absolute atomic E-state index is 0.0355. The fourth-order valence-corrected chi connectivity index (χ4v) is 2.54. The van der Waals surface area contributed by atoms with Crippen molar-refractivity contribution in [1.29, 1.82) is 0 Å². The maximum atomic E-state index is 12.1. The van der Waals surface area contributed by atoms with E-state index < -0.39 is 0 Å². The molecule has 102 valence electrons. The fourth-order valence-electron chi connectivity index (χ4n) is 2.54. The maximum absolute atomic E-state index is 12.1. The molecule has 1 aromatic carbocycles. The van der Waals surface area contributed by atoms with Crippen LogP contribution >= 0.6 is 0 Å². The topological polar surface area (TPSA) is 77.7 Å². The van der Waals surface area contributed by atoms with Crippen molar-refractivity contribution in [3.8, 4) is 11.5 Å². The Balaban J connectivity index is 1.61. The summed E-state index contributed by atoms with van der Waals surface area (Å²) in [5, 5.41) is 3.81. The van der Waals surface area contributed by atoms with Gasteiger partial charge in [0.05, 0.1) is 0 Å². The van der Waals surface area contributed by atoms with Crippen LogP contribution in [0.5, 0.6) is 11.5 Å². The van der Waals surface area contributed by atoms with Crippen LogP contribution in [0.2, 0.25) is 0 Å². The van der Waals surface area contributed by atoms with E-state index in [4.69, 9.17) is 14.0 Å². The molecule has 4 rings (SSSR count). The third-order valence-corrected chi connectivity index (χ3v) is 3.54. The van der Waals surface area contributed by atoms with E-state index >= 15 is 0 Å². The lowest BCUT2D eigenvalue weighted by atomic mass is 10.1. The number of aromatic nitrogens is 2. The van der Waals surface area contributed by atoms with Gasteiger partial charge >= 0.3 is 0 Å². The fraction of sp³-hybridized carbons (Fsp3) is 0.308. The minimum Gasteiger partial charge on any atom is -0.454 e. The van der Waals surface area contributed by atoms with Crippen LogP contribution in [0, 0.1) is 0 Å². The second-order valence-corrected chi connectivity index (χ2v) is 4.73. The molecule has 1 atom stereocenters. The Morgan fingerprint density at radius 1 is 1.25 bits per heavy atom. The molecule has 2 aliphatic heterocycles. The monoisotopic (exact) mass is 273 g/mol. The number of carbonyl (C=O) groups is 1. The van der Waals surface area contributed by atoms with Crippen molar-refractivity contribution in [3.63, 3.8) is 0 Å². The summed E-state index contributed by atoms with van der Waals surface area (Å²) in [4.78, 5) is 17.9. The van der Waals surface area contributed by atoms with E-state index in [-0.39, 0.29) is 18.6 Å². The summed E-state index contributed by atoms with van der Waals surface area (Å²) in [6.45, 7) is 0.760. The van der Waals surface area contributed by atoms with E-state index in [9.17, 15) is 4.79 Å². The Hall–Kier alpha value is -2.57. The molecule has 2 aromatic rings. The second kappa shape index (κ2) is 4.22. The molecular formula is C13H11N3O4. The molecule has 0 aliphatic carbocycles. The molecule has 3 heterocycles. The number of anilines is 1. The quantitative estimate of drug-likeness (QED) is 0.821. The summed E-state index contributed by atoms with van der Waals surface area (Å²) >= 11 is 0. The highest BCUT2D eigenvalue weighted by Gasteiger charge is 2.34. The van der Waals surface area contributed by atoms with Crippen molar-refractivity contribution in [2.75, 3.05) is 18.2 Å². The van der Waals surface area contributed by atoms with Gasteiger partial charge in [0.2, 0.25) is 19.1 Å². The van der Waals surface area contributed by atoms with Crippen LogP contribution in [-0.4, -0.2) is 29.4 Å². The maximum Gasteiger partial charge on any atom is 0.231 e. The van der Waals surface area contributed by atoms with Crippen molar-refractivity contribution in [3.05, 3.63) is 30.4 Å². The van der Waals surface area contributed by atoms with Gasteiger partial charge in [-0.1, -0.05) is 5.16 Å². The number of amides is 1. The van der Waals surface area contributed by atoms with Crippen LogP contribution in [-0.2, 0) is 4.79 Å². The number of hydrogen-bond acceptors (Lipinski definition) is 6.